The van der Waals surface area contributed by atoms with Crippen LogP contribution in [-0.2, 0) is 20.1 Å². The number of ketones is 1. The minimum atomic E-state index is -0.697. The number of rotatable bonds is 5. The molecule has 0 saturated heterocycles. The van der Waals surface area contributed by atoms with Crippen molar-refractivity contribution < 1.29 is 14.3 Å². The molecular formula is C12H14O3S. The lowest BCUT2D eigenvalue weighted by Gasteiger charge is -2.13. The van der Waals surface area contributed by atoms with Crippen molar-refractivity contribution in [2.24, 2.45) is 0 Å². The molecule has 0 aliphatic carbocycles. The lowest BCUT2D eigenvalue weighted by molar-refractivity contribution is -0.147. The Balaban J connectivity index is 2.50. The molecule has 0 amide bonds. The number of ether oxygens (including phenoxy) is 1. The van der Waals surface area contributed by atoms with E-state index in [0.29, 0.717) is 5.75 Å². The zero-order valence-corrected chi connectivity index (χ0v) is 10.1. The molecule has 0 bridgehead atoms. The maximum absolute atomic E-state index is 11.2. The molecule has 4 heteroatoms. The van der Waals surface area contributed by atoms with Gasteiger partial charge in [0.15, 0.2) is 5.78 Å². The summed E-state index contributed by atoms with van der Waals surface area (Å²) in [7, 11) is 0. The van der Waals surface area contributed by atoms with Crippen molar-refractivity contribution in [3.8, 4) is 0 Å². The van der Waals surface area contributed by atoms with Crippen LogP contribution in [0.1, 0.15) is 19.4 Å². The van der Waals surface area contributed by atoms with Crippen molar-refractivity contribution in [1.29, 1.82) is 0 Å². The molecule has 0 aromatic heterocycles. The highest BCUT2D eigenvalue weighted by molar-refractivity contribution is 7.99. The van der Waals surface area contributed by atoms with Gasteiger partial charge in [-0.05, 0) is 12.5 Å². The number of carbonyl (C=O) groups is 2. The molecule has 0 heterocycles. The van der Waals surface area contributed by atoms with Crippen LogP contribution in [0.2, 0.25) is 0 Å². The number of thioether (sulfide) groups is 1. The molecule has 16 heavy (non-hydrogen) atoms. The summed E-state index contributed by atoms with van der Waals surface area (Å²) in [5.41, 5.74) is 0.406. The van der Waals surface area contributed by atoms with E-state index in [-0.39, 0.29) is 5.78 Å². The van der Waals surface area contributed by atoms with E-state index in [1.807, 2.05) is 30.3 Å². The summed E-state index contributed by atoms with van der Waals surface area (Å²) in [4.78, 5) is 22.0. The summed E-state index contributed by atoms with van der Waals surface area (Å²) in [5, 5.41) is 0. The molecule has 1 rings (SSSR count). The van der Waals surface area contributed by atoms with Gasteiger partial charge < -0.3 is 4.74 Å². The van der Waals surface area contributed by atoms with Gasteiger partial charge in [0.2, 0.25) is 5.44 Å². The molecule has 1 atom stereocenters. The van der Waals surface area contributed by atoms with E-state index < -0.39 is 11.4 Å². The Kier molecular flexibility index (Phi) is 5.05. The van der Waals surface area contributed by atoms with Crippen LogP contribution in [0.25, 0.3) is 0 Å². The topological polar surface area (TPSA) is 43.4 Å². The standard InChI is InChI=1S/C12H14O3S/c1-9(13)12(15-10(2)14)16-8-11-6-4-3-5-7-11/h3-7,12H,8H2,1-2H3. The van der Waals surface area contributed by atoms with Crippen LogP contribution in [-0.4, -0.2) is 17.2 Å². The van der Waals surface area contributed by atoms with Crippen LogP contribution >= 0.6 is 11.8 Å². The highest BCUT2D eigenvalue weighted by Gasteiger charge is 2.17. The molecule has 0 saturated carbocycles. The van der Waals surface area contributed by atoms with E-state index >= 15 is 0 Å². The van der Waals surface area contributed by atoms with E-state index in [1.165, 1.54) is 25.6 Å². The molecule has 86 valence electrons. The van der Waals surface area contributed by atoms with E-state index in [1.54, 1.807) is 0 Å². The van der Waals surface area contributed by atoms with Gasteiger partial charge in [-0.2, -0.15) is 0 Å². The van der Waals surface area contributed by atoms with E-state index in [0.717, 1.165) is 5.56 Å². The molecule has 0 fully saturated rings. The Bertz CT molecular complexity index is 362. The molecule has 0 aliphatic heterocycles. The SMILES string of the molecule is CC(=O)OC(SCc1ccccc1)C(C)=O. The van der Waals surface area contributed by atoms with Crippen molar-refractivity contribution in [2.45, 2.75) is 25.0 Å². The number of Topliss-reactive ketones (excluding diaryl/α,β-unsaturated/α-hetero) is 1. The maximum Gasteiger partial charge on any atom is 0.304 e. The summed E-state index contributed by atoms with van der Waals surface area (Å²) >= 11 is 1.32. The minimum Gasteiger partial charge on any atom is -0.443 e. The third kappa shape index (κ3) is 4.49. The second kappa shape index (κ2) is 6.33. The third-order valence-electron chi connectivity index (χ3n) is 1.85. The summed E-state index contributed by atoms with van der Waals surface area (Å²) in [5.74, 6) is 0.0788. The second-order valence-electron chi connectivity index (χ2n) is 3.35. The molecule has 1 aromatic rings. The Labute approximate surface area is 99.2 Å². The average molecular weight is 238 g/mol. The first-order chi connectivity index (χ1) is 7.59. The Morgan fingerprint density at radius 3 is 2.38 bits per heavy atom. The Morgan fingerprint density at radius 1 is 1.25 bits per heavy atom. The van der Waals surface area contributed by atoms with Crippen molar-refractivity contribution in [2.75, 3.05) is 0 Å². The van der Waals surface area contributed by atoms with Gasteiger partial charge in [0.25, 0.3) is 0 Å². The van der Waals surface area contributed by atoms with Crippen LogP contribution in [0.5, 0.6) is 0 Å². The number of hydrogen-bond donors (Lipinski definition) is 0. The van der Waals surface area contributed by atoms with E-state index in [9.17, 15) is 9.59 Å². The molecule has 1 unspecified atom stereocenters. The summed E-state index contributed by atoms with van der Waals surface area (Å²) < 4.78 is 4.91. The first-order valence-electron chi connectivity index (χ1n) is 4.93. The van der Waals surface area contributed by atoms with Gasteiger partial charge in [0, 0.05) is 12.7 Å². The first kappa shape index (κ1) is 12.8. The lowest BCUT2D eigenvalue weighted by atomic mass is 10.2. The van der Waals surface area contributed by atoms with Gasteiger partial charge in [-0.15, -0.1) is 11.8 Å². The largest absolute Gasteiger partial charge is 0.443 e. The monoisotopic (exact) mass is 238 g/mol. The van der Waals surface area contributed by atoms with E-state index in [2.05, 4.69) is 0 Å². The Morgan fingerprint density at radius 2 is 1.88 bits per heavy atom. The van der Waals surface area contributed by atoms with E-state index in [4.69, 9.17) is 4.74 Å². The number of benzene rings is 1. The fraction of sp³-hybridized carbons (Fsp3) is 0.333. The first-order valence-corrected chi connectivity index (χ1v) is 5.97. The van der Waals surface area contributed by atoms with Crippen LogP contribution in [0, 0.1) is 0 Å². The van der Waals surface area contributed by atoms with Crippen molar-refractivity contribution in [3.63, 3.8) is 0 Å². The van der Waals surface area contributed by atoms with Gasteiger partial charge in [0.05, 0.1) is 0 Å². The number of carbonyl (C=O) groups excluding carboxylic acids is 2. The smallest absolute Gasteiger partial charge is 0.304 e. The second-order valence-corrected chi connectivity index (χ2v) is 4.40. The van der Waals surface area contributed by atoms with Gasteiger partial charge in [-0.25, -0.2) is 0 Å². The fourth-order valence-corrected chi connectivity index (χ4v) is 2.11. The zero-order chi connectivity index (χ0) is 12.0. The average Bonchev–Trinajstić information content (AvgIpc) is 2.25. The number of esters is 1. The number of hydrogen-bond acceptors (Lipinski definition) is 4. The normalized spacial score (nSPS) is 11.9. The molecule has 3 nitrogen and oxygen atoms in total. The molecule has 0 radical (unpaired) electrons. The van der Waals surface area contributed by atoms with Crippen LogP contribution in [0.3, 0.4) is 0 Å². The van der Waals surface area contributed by atoms with Gasteiger partial charge in [0.1, 0.15) is 0 Å². The fourth-order valence-electron chi connectivity index (χ4n) is 1.13. The van der Waals surface area contributed by atoms with Crippen LogP contribution in [0.4, 0.5) is 0 Å². The van der Waals surface area contributed by atoms with Gasteiger partial charge in [-0.3, -0.25) is 9.59 Å². The molecule has 1 aromatic carbocycles. The molecular weight excluding hydrogens is 224 g/mol. The predicted molar refractivity (Wildman–Crippen MR) is 64.0 cm³/mol. The molecule has 0 N–H and O–H groups in total. The predicted octanol–water partition coefficient (Wildman–Crippen LogP) is 2.40. The quantitative estimate of drug-likeness (QED) is 0.583. The van der Waals surface area contributed by atoms with Crippen molar-refractivity contribution in [1.82, 2.24) is 0 Å². The lowest BCUT2D eigenvalue weighted by Crippen LogP contribution is -2.20. The van der Waals surface area contributed by atoms with Crippen molar-refractivity contribution >= 4 is 23.5 Å². The van der Waals surface area contributed by atoms with Crippen LogP contribution in [0.15, 0.2) is 30.3 Å². The highest BCUT2D eigenvalue weighted by atomic mass is 32.2. The summed E-state index contributed by atoms with van der Waals surface area (Å²) in [6.07, 6.45) is 0. The summed E-state index contributed by atoms with van der Waals surface area (Å²) in [6, 6.07) is 9.74. The molecule has 0 spiro atoms. The third-order valence-corrected chi connectivity index (χ3v) is 3.08. The van der Waals surface area contributed by atoms with Crippen LogP contribution < -0.4 is 0 Å². The van der Waals surface area contributed by atoms with Gasteiger partial charge >= 0.3 is 5.97 Å². The Hall–Kier alpha value is -1.29. The zero-order valence-electron chi connectivity index (χ0n) is 9.30. The van der Waals surface area contributed by atoms with Crippen molar-refractivity contribution in [3.05, 3.63) is 35.9 Å². The minimum absolute atomic E-state index is 0.142. The molecule has 0 aliphatic rings. The maximum atomic E-state index is 11.2. The highest BCUT2D eigenvalue weighted by Crippen LogP contribution is 2.19. The van der Waals surface area contributed by atoms with Gasteiger partial charge in [-0.1, -0.05) is 30.3 Å². The summed E-state index contributed by atoms with van der Waals surface area (Å²) in [6.45, 7) is 2.73.